The van der Waals surface area contributed by atoms with Crippen LogP contribution in [-0.4, -0.2) is 20.5 Å². The van der Waals surface area contributed by atoms with Crippen LogP contribution in [0.3, 0.4) is 0 Å². The zero-order chi connectivity index (χ0) is 20.4. The maximum absolute atomic E-state index is 12.6. The molecule has 0 saturated heterocycles. The van der Waals surface area contributed by atoms with E-state index < -0.39 is 5.97 Å². The second kappa shape index (κ2) is 7.93. The molecule has 0 fully saturated rings. The number of carbonyl (C=O) groups excluding carboxylic acids is 1. The first-order valence-corrected chi connectivity index (χ1v) is 9.59. The summed E-state index contributed by atoms with van der Waals surface area (Å²) in [5, 5.41) is 1.15. The number of para-hydroxylation sites is 1. The molecule has 29 heavy (non-hydrogen) atoms. The van der Waals surface area contributed by atoms with E-state index in [9.17, 15) is 4.79 Å². The van der Waals surface area contributed by atoms with E-state index in [0.717, 1.165) is 27.7 Å². The third kappa shape index (κ3) is 3.79. The number of aromatic nitrogens is 3. The van der Waals surface area contributed by atoms with E-state index in [2.05, 4.69) is 16.0 Å². The van der Waals surface area contributed by atoms with Gasteiger partial charge < -0.3 is 20.0 Å². The molecule has 0 bridgehead atoms. The summed E-state index contributed by atoms with van der Waals surface area (Å²) in [7, 11) is 1.88. The first-order chi connectivity index (χ1) is 14.0. The zero-order valence-corrected chi connectivity index (χ0v) is 16.6. The van der Waals surface area contributed by atoms with E-state index in [1.54, 1.807) is 0 Å². The minimum atomic E-state index is -0.438. The molecule has 0 aliphatic carbocycles. The number of nitrogens with one attached hydrogen (secondary N) is 1. The molecule has 2 aromatic heterocycles. The molecule has 0 amide bonds. The van der Waals surface area contributed by atoms with E-state index >= 15 is 0 Å². The topological polar surface area (TPSA) is 85.9 Å². The van der Waals surface area contributed by atoms with Gasteiger partial charge in [0.15, 0.2) is 5.69 Å². The lowest BCUT2D eigenvalue weighted by Crippen LogP contribution is -2.18. The van der Waals surface area contributed by atoms with Crippen LogP contribution in [0.1, 0.15) is 39.2 Å². The van der Waals surface area contributed by atoms with Crippen LogP contribution in [0.25, 0.3) is 10.9 Å². The molecular weight excluding hydrogens is 364 g/mol. The highest BCUT2D eigenvalue weighted by molar-refractivity contribution is 5.88. The molecule has 0 saturated carbocycles. The van der Waals surface area contributed by atoms with Gasteiger partial charge >= 0.3 is 5.97 Å². The van der Waals surface area contributed by atoms with E-state index in [0.29, 0.717) is 17.9 Å². The summed E-state index contributed by atoms with van der Waals surface area (Å²) in [5.74, 6) is 0.229. The predicted octanol–water partition coefficient (Wildman–Crippen LogP) is 3.81. The Bertz CT molecular complexity index is 1140. The summed E-state index contributed by atoms with van der Waals surface area (Å²) in [6, 6.07) is 17.4. The Kier molecular flexibility index (Phi) is 5.18. The van der Waals surface area contributed by atoms with Crippen LogP contribution in [0.15, 0.2) is 60.8 Å². The number of nitrogens with zero attached hydrogens (tertiary/aromatic N) is 2. The van der Waals surface area contributed by atoms with Crippen LogP contribution in [0.2, 0.25) is 0 Å². The lowest BCUT2D eigenvalue weighted by Gasteiger charge is -2.11. The molecule has 6 heteroatoms. The molecular formula is C23H24N4O2. The van der Waals surface area contributed by atoms with Crippen molar-refractivity contribution in [2.24, 2.45) is 12.8 Å². The standard InChI is InChI=1S/C23H24N4O2/c1-15-21(23(28)29-14-16-8-4-3-5-9-16)26-22(27(15)2)19(24)12-17-13-25-20-11-7-6-10-18(17)20/h3-11,13,19,25H,12,14,24H2,1-2H3/t19-/m1/s1. The highest BCUT2D eigenvalue weighted by Crippen LogP contribution is 2.24. The fourth-order valence-corrected chi connectivity index (χ4v) is 3.55. The van der Waals surface area contributed by atoms with E-state index in [1.165, 1.54) is 0 Å². The van der Waals surface area contributed by atoms with Crippen LogP contribution in [0.4, 0.5) is 0 Å². The van der Waals surface area contributed by atoms with Crippen LogP contribution in [0, 0.1) is 6.92 Å². The van der Waals surface area contributed by atoms with Crippen molar-refractivity contribution in [3.8, 4) is 0 Å². The Morgan fingerprint density at radius 3 is 2.69 bits per heavy atom. The number of imidazole rings is 1. The average Bonchev–Trinajstić information content (AvgIpc) is 3.28. The van der Waals surface area contributed by atoms with Gasteiger partial charge in [0, 0.05) is 29.8 Å². The maximum atomic E-state index is 12.6. The summed E-state index contributed by atoms with van der Waals surface area (Å²) in [6.07, 6.45) is 2.60. The molecule has 4 rings (SSSR count). The largest absolute Gasteiger partial charge is 0.456 e. The van der Waals surface area contributed by atoms with Crippen molar-refractivity contribution in [2.75, 3.05) is 0 Å². The van der Waals surface area contributed by atoms with Crippen LogP contribution in [-0.2, 0) is 24.8 Å². The highest BCUT2D eigenvalue weighted by Gasteiger charge is 2.23. The van der Waals surface area contributed by atoms with Gasteiger partial charge in [-0.1, -0.05) is 48.5 Å². The van der Waals surface area contributed by atoms with Gasteiger partial charge in [0.1, 0.15) is 12.4 Å². The number of hydrogen-bond donors (Lipinski definition) is 2. The fraction of sp³-hybridized carbons (Fsp3) is 0.217. The van der Waals surface area contributed by atoms with Crippen molar-refractivity contribution in [2.45, 2.75) is 26.0 Å². The van der Waals surface area contributed by atoms with Crippen molar-refractivity contribution in [3.05, 3.63) is 89.1 Å². The monoisotopic (exact) mass is 388 g/mol. The molecule has 3 N–H and O–H groups in total. The molecule has 148 valence electrons. The maximum Gasteiger partial charge on any atom is 0.359 e. The van der Waals surface area contributed by atoms with Gasteiger partial charge in [0.05, 0.1) is 6.04 Å². The number of H-pyrrole nitrogens is 1. The number of rotatable bonds is 6. The summed E-state index contributed by atoms with van der Waals surface area (Å²) < 4.78 is 7.32. The van der Waals surface area contributed by atoms with Crippen molar-refractivity contribution >= 4 is 16.9 Å². The van der Waals surface area contributed by atoms with Crippen molar-refractivity contribution in [1.82, 2.24) is 14.5 Å². The summed E-state index contributed by atoms with van der Waals surface area (Å²) >= 11 is 0. The molecule has 0 aliphatic rings. The van der Waals surface area contributed by atoms with Crippen molar-refractivity contribution in [3.63, 3.8) is 0 Å². The van der Waals surface area contributed by atoms with Gasteiger partial charge in [-0.3, -0.25) is 0 Å². The SMILES string of the molecule is Cc1c(C(=O)OCc2ccccc2)nc([C@H](N)Cc2c[nH]c3ccccc23)n1C. The van der Waals surface area contributed by atoms with E-state index in [-0.39, 0.29) is 12.6 Å². The van der Waals surface area contributed by atoms with Crippen LogP contribution in [0.5, 0.6) is 0 Å². The first-order valence-electron chi connectivity index (χ1n) is 9.59. The van der Waals surface area contributed by atoms with Crippen LogP contribution < -0.4 is 5.73 Å². The smallest absolute Gasteiger partial charge is 0.359 e. The quantitative estimate of drug-likeness (QED) is 0.492. The second-order valence-corrected chi connectivity index (χ2v) is 7.19. The molecule has 2 heterocycles. The number of nitrogens with two attached hydrogens (primary N) is 1. The highest BCUT2D eigenvalue weighted by atomic mass is 16.5. The Hall–Kier alpha value is -3.38. The Morgan fingerprint density at radius 2 is 1.90 bits per heavy atom. The third-order valence-electron chi connectivity index (χ3n) is 5.27. The van der Waals surface area contributed by atoms with Gasteiger partial charge in [-0.2, -0.15) is 0 Å². The molecule has 2 aromatic carbocycles. The normalized spacial score (nSPS) is 12.2. The first kappa shape index (κ1) is 19.0. The number of hydrogen-bond acceptors (Lipinski definition) is 4. The third-order valence-corrected chi connectivity index (χ3v) is 5.27. The Labute approximate surface area is 169 Å². The summed E-state index contributed by atoms with van der Waals surface area (Å²) in [4.78, 5) is 20.4. The number of benzene rings is 2. The van der Waals surface area contributed by atoms with Gasteiger partial charge in [-0.25, -0.2) is 9.78 Å². The minimum Gasteiger partial charge on any atom is -0.456 e. The van der Waals surface area contributed by atoms with Crippen molar-refractivity contribution in [1.29, 1.82) is 0 Å². The molecule has 4 aromatic rings. The number of ether oxygens (including phenoxy) is 1. The van der Waals surface area contributed by atoms with E-state index in [4.69, 9.17) is 10.5 Å². The van der Waals surface area contributed by atoms with Gasteiger partial charge in [0.2, 0.25) is 0 Å². The molecule has 0 spiro atoms. The number of fused-ring (bicyclic) bond motifs is 1. The Morgan fingerprint density at radius 1 is 1.17 bits per heavy atom. The van der Waals surface area contributed by atoms with Crippen molar-refractivity contribution < 1.29 is 9.53 Å². The lowest BCUT2D eigenvalue weighted by molar-refractivity contribution is 0.0465. The minimum absolute atomic E-state index is 0.215. The molecule has 1 atom stereocenters. The fourth-order valence-electron chi connectivity index (χ4n) is 3.55. The van der Waals surface area contributed by atoms with E-state index in [1.807, 2.05) is 73.3 Å². The van der Waals surface area contributed by atoms with Crippen LogP contribution >= 0.6 is 0 Å². The molecule has 0 radical (unpaired) electrons. The number of esters is 1. The zero-order valence-electron chi connectivity index (χ0n) is 16.6. The molecule has 0 aliphatic heterocycles. The summed E-state index contributed by atoms with van der Waals surface area (Å²) in [6.45, 7) is 2.07. The van der Waals surface area contributed by atoms with Gasteiger partial charge in [-0.15, -0.1) is 0 Å². The number of aromatic amines is 1. The Balaban J connectivity index is 1.51. The second-order valence-electron chi connectivity index (χ2n) is 7.19. The summed E-state index contributed by atoms with van der Waals surface area (Å²) in [5.41, 5.74) is 10.7. The predicted molar refractivity (Wildman–Crippen MR) is 112 cm³/mol. The average molecular weight is 388 g/mol. The molecule has 0 unspecified atom stereocenters. The number of carbonyl (C=O) groups is 1. The van der Waals surface area contributed by atoms with Gasteiger partial charge in [0.25, 0.3) is 0 Å². The lowest BCUT2D eigenvalue weighted by atomic mass is 10.1. The van der Waals surface area contributed by atoms with Gasteiger partial charge in [-0.05, 0) is 30.5 Å². The molecule has 6 nitrogen and oxygen atoms in total.